The van der Waals surface area contributed by atoms with E-state index in [1.54, 1.807) is 0 Å². The molecule has 2 aromatic rings. The van der Waals surface area contributed by atoms with Crippen LogP contribution >= 0.6 is 11.6 Å². The Hall–Kier alpha value is -1.27. The van der Waals surface area contributed by atoms with Gasteiger partial charge < -0.3 is 0 Å². The number of aryl methyl sites for hydroxylation is 2. The molecule has 2 aromatic carbocycles. The average molecular weight is 247 g/mol. The first-order valence-corrected chi connectivity index (χ1v) is 6.51. The Balaban J connectivity index is 0.000000686. The van der Waals surface area contributed by atoms with Gasteiger partial charge in [0.05, 0.1) is 0 Å². The third-order valence-corrected chi connectivity index (χ3v) is 2.71. The summed E-state index contributed by atoms with van der Waals surface area (Å²) in [6.07, 6.45) is 2.16. The molecule has 2 rings (SSSR count). The second-order valence-electron chi connectivity index (χ2n) is 3.61. The summed E-state index contributed by atoms with van der Waals surface area (Å²) in [6, 6.07) is 18.6. The van der Waals surface area contributed by atoms with E-state index in [9.17, 15) is 0 Å². The fourth-order valence-electron chi connectivity index (χ4n) is 1.58. The molecule has 90 valence electrons. The molecule has 0 heterocycles. The van der Waals surface area contributed by atoms with Crippen molar-refractivity contribution in [2.75, 3.05) is 0 Å². The Morgan fingerprint density at radius 1 is 0.706 bits per heavy atom. The predicted molar refractivity (Wildman–Crippen MR) is 76.7 cm³/mol. The highest BCUT2D eigenvalue weighted by atomic mass is 35.5. The smallest absolute Gasteiger partial charge is 0.0406 e. The van der Waals surface area contributed by atoms with Crippen molar-refractivity contribution in [2.24, 2.45) is 0 Å². The summed E-state index contributed by atoms with van der Waals surface area (Å²) in [7, 11) is 0. The average Bonchev–Trinajstić information content (AvgIpc) is 2.42. The topological polar surface area (TPSA) is 0 Å². The summed E-state index contributed by atoms with van der Waals surface area (Å²) in [6.45, 7) is 4.00. The van der Waals surface area contributed by atoms with E-state index < -0.39 is 0 Å². The maximum Gasteiger partial charge on any atom is 0.0406 e. The van der Waals surface area contributed by atoms with Gasteiger partial charge in [-0.2, -0.15) is 0 Å². The standard InChI is InChI=1S/C14H13Cl.C2H6/c15-14-10-8-13(9-11-14)7-6-12-4-2-1-3-5-12;1-2/h1-5,8-11H,6-7H2;1-2H3. The van der Waals surface area contributed by atoms with E-state index >= 15 is 0 Å². The number of hydrogen-bond donors (Lipinski definition) is 0. The van der Waals surface area contributed by atoms with Crippen LogP contribution in [0.15, 0.2) is 54.6 Å². The lowest BCUT2D eigenvalue weighted by atomic mass is 10.0. The van der Waals surface area contributed by atoms with Crippen molar-refractivity contribution in [1.82, 2.24) is 0 Å². The summed E-state index contributed by atoms with van der Waals surface area (Å²) in [4.78, 5) is 0. The lowest BCUT2D eigenvalue weighted by Gasteiger charge is -2.01. The molecule has 0 aliphatic rings. The van der Waals surface area contributed by atoms with Crippen molar-refractivity contribution >= 4 is 11.6 Å². The zero-order chi connectivity index (χ0) is 12.5. The number of halogens is 1. The molecule has 0 saturated heterocycles. The molecule has 0 nitrogen and oxygen atoms in total. The Bertz CT molecular complexity index is 403. The van der Waals surface area contributed by atoms with Crippen molar-refractivity contribution in [3.05, 3.63) is 70.7 Å². The molecule has 0 aliphatic heterocycles. The molecular weight excluding hydrogens is 228 g/mol. The van der Waals surface area contributed by atoms with Crippen LogP contribution < -0.4 is 0 Å². The van der Waals surface area contributed by atoms with Crippen molar-refractivity contribution < 1.29 is 0 Å². The second kappa shape index (κ2) is 7.92. The van der Waals surface area contributed by atoms with Crippen molar-refractivity contribution in [1.29, 1.82) is 0 Å². The minimum atomic E-state index is 0.804. The van der Waals surface area contributed by atoms with Crippen molar-refractivity contribution in [3.63, 3.8) is 0 Å². The van der Waals surface area contributed by atoms with Gasteiger partial charge >= 0.3 is 0 Å². The normalized spacial score (nSPS) is 9.35. The van der Waals surface area contributed by atoms with E-state index in [1.807, 2.05) is 32.0 Å². The molecule has 0 amide bonds. The first kappa shape index (κ1) is 13.8. The molecular formula is C16H19Cl. The summed E-state index contributed by atoms with van der Waals surface area (Å²) in [5, 5.41) is 0.804. The largest absolute Gasteiger partial charge is 0.0843 e. The Labute approximate surface area is 109 Å². The minimum Gasteiger partial charge on any atom is -0.0843 e. The van der Waals surface area contributed by atoms with E-state index in [-0.39, 0.29) is 0 Å². The molecule has 0 atom stereocenters. The maximum atomic E-state index is 5.83. The third kappa shape index (κ3) is 5.06. The van der Waals surface area contributed by atoms with Gasteiger partial charge in [0.1, 0.15) is 0 Å². The Morgan fingerprint density at radius 2 is 1.18 bits per heavy atom. The number of hydrogen-bond acceptors (Lipinski definition) is 0. The molecule has 1 heteroatoms. The SMILES string of the molecule is CC.Clc1ccc(CCc2ccccc2)cc1. The van der Waals surface area contributed by atoms with Crippen LogP contribution in [0.5, 0.6) is 0 Å². The molecule has 0 N–H and O–H groups in total. The number of rotatable bonds is 3. The van der Waals surface area contributed by atoms with Crippen LogP contribution in [0.1, 0.15) is 25.0 Å². The van der Waals surface area contributed by atoms with Gasteiger partial charge in [0, 0.05) is 5.02 Å². The van der Waals surface area contributed by atoms with Crippen LogP contribution in [-0.4, -0.2) is 0 Å². The van der Waals surface area contributed by atoms with Gasteiger partial charge in [0.15, 0.2) is 0 Å². The van der Waals surface area contributed by atoms with Crippen LogP contribution in [0.3, 0.4) is 0 Å². The van der Waals surface area contributed by atoms with Gasteiger partial charge in [-0.1, -0.05) is 67.9 Å². The highest BCUT2D eigenvalue weighted by Crippen LogP contribution is 2.11. The van der Waals surface area contributed by atoms with Gasteiger partial charge in [-0.05, 0) is 36.1 Å². The van der Waals surface area contributed by atoms with Gasteiger partial charge in [-0.3, -0.25) is 0 Å². The van der Waals surface area contributed by atoms with Crippen LogP contribution in [-0.2, 0) is 12.8 Å². The van der Waals surface area contributed by atoms with Crippen LogP contribution in [0.2, 0.25) is 5.02 Å². The minimum absolute atomic E-state index is 0.804. The number of benzene rings is 2. The van der Waals surface area contributed by atoms with Gasteiger partial charge in [-0.15, -0.1) is 0 Å². The van der Waals surface area contributed by atoms with E-state index in [4.69, 9.17) is 11.6 Å². The molecule has 0 bridgehead atoms. The fraction of sp³-hybridized carbons (Fsp3) is 0.250. The molecule has 0 saturated carbocycles. The van der Waals surface area contributed by atoms with Crippen molar-refractivity contribution in [2.45, 2.75) is 26.7 Å². The first-order valence-electron chi connectivity index (χ1n) is 6.13. The summed E-state index contributed by atoms with van der Waals surface area (Å²) in [5.74, 6) is 0. The molecule has 0 radical (unpaired) electrons. The zero-order valence-electron chi connectivity index (χ0n) is 10.5. The summed E-state index contributed by atoms with van der Waals surface area (Å²) < 4.78 is 0. The fourth-order valence-corrected chi connectivity index (χ4v) is 1.71. The zero-order valence-corrected chi connectivity index (χ0v) is 11.2. The Kier molecular flexibility index (Phi) is 6.42. The summed E-state index contributed by atoms with van der Waals surface area (Å²) >= 11 is 5.83. The van der Waals surface area contributed by atoms with Gasteiger partial charge in [0.25, 0.3) is 0 Å². The third-order valence-electron chi connectivity index (χ3n) is 2.46. The maximum absolute atomic E-state index is 5.83. The molecule has 17 heavy (non-hydrogen) atoms. The summed E-state index contributed by atoms with van der Waals surface area (Å²) in [5.41, 5.74) is 2.72. The molecule has 0 aromatic heterocycles. The Morgan fingerprint density at radius 3 is 1.71 bits per heavy atom. The van der Waals surface area contributed by atoms with E-state index in [2.05, 4.69) is 36.4 Å². The predicted octanol–water partition coefficient (Wildman–Crippen LogP) is 5.15. The monoisotopic (exact) mass is 246 g/mol. The molecule has 0 fully saturated rings. The van der Waals surface area contributed by atoms with Gasteiger partial charge in [0.2, 0.25) is 0 Å². The van der Waals surface area contributed by atoms with E-state index in [0.717, 1.165) is 17.9 Å². The molecule has 0 spiro atoms. The lowest BCUT2D eigenvalue weighted by molar-refractivity contribution is 0.960. The van der Waals surface area contributed by atoms with Crippen molar-refractivity contribution in [3.8, 4) is 0 Å². The molecule has 0 aliphatic carbocycles. The van der Waals surface area contributed by atoms with Gasteiger partial charge in [-0.25, -0.2) is 0 Å². The second-order valence-corrected chi connectivity index (χ2v) is 4.05. The van der Waals surface area contributed by atoms with E-state index in [0.29, 0.717) is 0 Å². The highest BCUT2D eigenvalue weighted by Gasteiger charge is 1.95. The van der Waals surface area contributed by atoms with Crippen LogP contribution in [0.4, 0.5) is 0 Å². The highest BCUT2D eigenvalue weighted by molar-refractivity contribution is 6.30. The van der Waals surface area contributed by atoms with E-state index in [1.165, 1.54) is 11.1 Å². The van der Waals surface area contributed by atoms with Crippen LogP contribution in [0.25, 0.3) is 0 Å². The first-order chi connectivity index (χ1) is 8.34. The van der Waals surface area contributed by atoms with Crippen LogP contribution in [0, 0.1) is 0 Å². The molecule has 0 unspecified atom stereocenters. The quantitative estimate of drug-likeness (QED) is 0.703. The lowest BCUT2D eigenvalue weighted by Crippen LogP contribution is -1.90.